The molecule has 5 fully saturated rings. The SMILES string of the molecule is CCC[C@H]1C(=O)N2CC[C@H]2C(=O)N(C)[C@@H](CC2CCCCC2)C(=O)N(C)CC(=O)N[C@@H](CCc2ccc(C(F)(F)F)c(Cl)c2)C(=O)N2CCC[C@H]2C(=O)NCCCCC(=O)N(C)[C@@H](C(C)C)C(=O)N(C)[C@H](C(=O)N2CCCCC2)CC(=O)N(C)[C@@H](CC(C)C)C(=O)NC([C@@H](C)CC)C(=O)N1C. The van der Waals surface area contributed by atoms with Crippen molar-refractivity contribution in [3.05, 3.63) is 34.3 Å². The molecule has 24 nitrogen and oxygen atoms in total. The molecule has 1 aromatic rings. The molecule has 3 N–H and O–H groups in total. The quantitative estimate of drug-likeness (QED) is 0.187. The summed E-state index contributed by atoms with van der Waals surface area (Å²) in [6, 6.07) is -7.17. The van der Waals surface area contributed by atoms with Gasteiger partial charge in [0.25, 0.3) is 0 Å². The van der Waals surface area contributed by atoms with Crippen LogP contribution in [0.5, 0.6) is 0 Å². The highest BCUT2D eigenvalue weighted by molar-refractivity contribution is 6.31. The van der Waals surface area contributed by atoms with Gasteiger partial charge >= 0.3 is 6.18 Å². The molecule has 0 bridgehead atoms. The van der Waals surface area contributed by atoms with Gasteiger partial charge in [0.1, 0.15) is 54.4 Å². The zero-order valence-corrected chi connectivity index (χ0v) is 62.7. The topological polar surface area (TPSA) is 270 Å². The number of piperidine rings is 1. The number of likely N-dealkylation sites (N-methyl/N-ethyl adjacent to an activating group) is 6. The number of fused-ring (bicyclic) bond motifs is 2. The number of nitrogens with one attached hydrogen (secondary N) is 3. The van der Waals surface area contributed by atoms with Gasteiger partial charge in [-0.05, 0) is 125 Å². The predicted octanol–water partition coefficient (Wildman–Crippen LogP) is 6.67. The molecule has 6 rings (SSSR count). The maximum atomic E-state index is 15.1. The Hall–Kier alpha value is -7.06. The van der Waals surface area contributed by atoms with Gasteiger partial charge in [-0.1, -0.05) is 111 Å². The molecule has 28 heteroatoms. The van der Waals surface area contributed by atoms with Gasteiger partial charge in [-0.25, -0.2) is 0 Å². The first-order chi connectivity index (χ1) is 47.6. The van der Waals surface area contributed by atoms with E-state index < -0.39 is 167 Å². The van der Waals surface area contributed by atoms with Gasteiger partial charge < -0.3 is 60.0 Å². The second kappa shape index (κ2) is 37.9. The van der Waals surface area contributed by atoms with Crippen LogP contribution in [0, 0.1) is 23.7 Å². The number of hydrogen-bond donors (Lipinski definition) is 3. The molecule has 10 atom stereocenters. The van der Waals surface area contributed by atoms with Gasteiger partial charge in [-0.3, -0.25) is 57.5 Å². The van der Waals surface area contributed by atoms with Crippen LogP contribution in [0.4, 0.5) is 13.2 Å². The number of hydrogen-bond acceptors (Lipinski definition) is 12. The average molecular weight is 1440 g/mol. The van der Waals surface area contributed by atoms with Crippen LogP contribution in [-0.4, -0.2) is 251 Å². The molecule has 5 aliphatic rings. The molecule has 1 aromatic carbocycles. The Labute approximate surface area is 600 Å². The van der Waals surface area contributed by atoms with Gasteiger partial charge in [-0.2, -0.15) is 13.2 Å². The number of carbonyl (C=O) groups excluding carboxylic acids is 12. The number of alkyl halides is 3. The fourth-order valence-corrected chi connectivity index (χ4v) is 15.2. The molecule has 0 aromatic heterocycles. The molecule has 0 spiro atoms. The zero-order chi connectivity index (χ0) is 74.9. The third kappa shape index (κ3) is 21.5. The first-order valence-electron chi connectivity index (χ1n) is 36.8. The van der Waals surface area contributed by atoms with E-state index in [2.05, 4.69) is 16.0 Å². The molecule has 566 valence electrons. The predicted molar refractivity (Wildman–Crippen MR) is 376 cm³/mol. The lowest BCUT2D eigenvalue weighted by Gasteiger charge is -2.46. The van der Waals surface area contributed by atoms with E-state index in [0.717, 1.165) is 50.7 Å². The lowest BCUT2D eigenvalue weighted by Crippen LogP contribution is -2.65. The van der Waals surface area contributed by atoms with Crippen molar-refractivity contribution in [1.82, 2.24) is 60.0 Å². The van der Waals surface area contributed by atoms with Gasteiger partial charge in [0.2, 0.25) is 70.9 Å². The molecule has 0 radical (unpaired) electrons. The van der Waals surface area contributed by atoms with Crippen LogP contribution in [0.15, 0.2) is 18.2 Å². The summed E-state index contributed by atoms with van der Waals surface area (Å²) in [7, 11) is 8.78. The highest BCUT2D eigenvalue weighted by Gasteiger charge is 2.48. The number of benzene rings is 1. The van der Waals surface area contributed by atoms with E-state index in [4.69, 9.17) is 11.6 Å². The maximum absolute atomic E-state index is 15.1. The van der Waals surface area contributed by atoms with Crippen molar-refractivity contribution in [3.8, 4) is 0 Å². The highest BCUT2D eigenvalue weighted by atomic mass is 35.5. The largest absolute Gasteiger partial charge is 0.417 e. The molecule has 101 heavy (non-hydrogen) atoms. The summed E-state index contributed by atoms with van der Waals surface area (Å²) in [4.78, 5) is 189. The molecule has 1 aliphatic carbocycles. The Bertz CT molecular complexity index is 3090. The van der Waals surface area contributed by atoms with Crippen molar-refractivity contribution in [2.24, 2.45) is 23.7 Å². The van der Waals surface area contributed by atoms with Crippen LogP contribution in [0.25, 0.3) is 0 Å². The zero-order valence-electron chi connectivity index (χ0n) is 62.0. The van der Waals surface area contributed by atoms with Crippen molar-refractivity contribution in [1.29, 1.82) is 0 Å². The minimum absolute atomic E-state index is 0.0319. The number of halogens is 4. The van der Waals surface area contributed by atoms with E-state index in [-0.39, 0.29) is 89.3 Å². The fourth-order valence-electron chi connectivity index (χ4n) is 14.9. The summed E-state index contributed by atoms with van der Waals surface area (Å²) in [5, 5.41) is 8.06. The number of rotatable bonds is 13. The maximum Gasteiger partial charge on any atom is 0.417 e. The summed E-state index contributed by atoms with van der Waals surface area (Å²) in [5.41, 5.74) is -0.727. The van der Waals surface area contributed by atoms with E-state index in [1.807, 2.05) is 27.7 Å². The van der Waals surface area contributed by atoms with E-state index >= 15 is 9.59 Å². The third-order valence-electron chi connectivity index (χ3n) is 21.5. The van der Waals surface area contributed by atoms with Crippen molar-refractivity contribution in [3.63, 3.8) is 0 Å². The normalized spacial score (nSPS) is 26.8. The third-order valence-corrected chi connectivity index (χ3v) is 21.8. The van der Waals surface area contributed by atoms with Crippen LogP contribution in [-0.2, 0) is 70.1 Å². The minimum Gasteiger partial charge on any atom is -0.354 e. The van der Waals surface area contributed by atoms with Crippen LogP contribution in [0.2, 0.25) is 5.02 Å². The number of amides is 12. The van der Waals surface area contributed by atoms with Crippen LogP contribution in [0.3, 0.4) is 0 Å². The summed E-state index contributed by atoms with van der Waals surface area (Å²) < 4.78 is 41.3. The van der Waals surface area contributed by atoms with Crippen LogP contribution < -0.4 is 16.0 Å². The lowest BCUT2D eigenvalue weighted by atomic mass is 9.84. The second-order valence-corrected chi connectivity index (χ2v) is 30.1. The Balaban J connectivity index is 1.37. The standard InChI is InChI=1S/C73H114ClF3N12O12/c1-14-25-54-70(99)89-39-34-55(89)68(97)84(11)57(42-48-26-18-16-19-27-48)67(96)81(8)44-59(90)79-52(33-31-49-30-32-50(51(74)41-49)73(75,76)77)66(95)88-38-24-28-53(88)64(93)78-35-21-20-29-60(91)86(13)63(46(5)6)72(101)85(12)58(69(98)87-36-22-17-23-37-87)43-61(92)82(9)56(40-45(3)4)65(94)80-62(47(7)15-2)71(100)83(54)10/h30,32,41,45-48,52-58,62-63H,14-29,31,33-40,42-44H2,1-13H3,(H,78,93)(H,79,90)(H,80,94)/t47-,52-,53-,54-,55-,56-,57-,58-,62?,63-/m0/s1. The fraction of sp³-hybridized carbons (Fsp3) is 0.753. The molecule has 1 unspecified atom stereocenters. The monoisotopic (exact) mass is 1440 g/mol. The second-order valence-electron chi connectivity index (χ2n) is 29.7. The molecular weight excluding hydrogens is 1330 g/mol. The molecule has 12 amide bonds. The van der Waals surface area contributed by atoms with E-state index in [1.54, 1.807) is 25.7 Å². The van der Waals surface area contributed by atoms with Crippen molar-refractivity contribution < 1.29 is 70.7 Å². The molecule has 4 heterocycles. The van der Waals surface area contributed by atoms with Gasteiger partial charge in [0, 0.05) is 81.4 Å². The smallest absolute Gasteiger partial charge is 0.354 e. The lowest BCUT2D eigenvalue weighted by molar-refractivity contribution is -0.161. The van der Waals surface area contributed by atoms with Crippen molar-refractivity contribution in [2.45, 2.75) is 250 Å². The van der Waals surface area contributed by atoms with Crippen LogP contribution >= 0.6 is 11.6 Å². The summed E-state index contributed by atoms with van der Waals surface area (Å²) >= 11 is 6.12. The first-order valence-corrected chi connectivity index (χ1v) is 37.2. The van der Waals surface area contributed by atoms with E-state index in [9.17, 15) is 61.1 Å². The molecule has 4 aliphatic heterocycles. The summed E-state index contributed by atoms with van der Waals surface area (Å²) in [5.74, 6) is -7.95. The summed E-state index contributed by atoms with van der Waals surface area (Å²) in [6.45, 7) is 13.4. The average Bonchev–Trinajstić information content (AvgIpc) is 1.26. The van der Waals surface area contributed by atoms with Gasteiger partial charge in [0.15, 0.2) is 0 Å². The minimum atomic E-state index is -4.74. The Morgan fingerprint density at radius 1 is 0.604 bits per heavy atom. The molecule has 1 saturated carbocycles. The number of carbonyl (C=O) groups is 12. The highest BCUT2D eigenvalue weighted by Crippen LogP contribution is 2.36. The Kier molecular flexibility index (Phi) is 31.1. The molecular formula is C73H114ClF3N12O12. The van der Waals surface area contributed by atoms with Gasteiger partial charge in [-0.15, -0.1) is 0 Å². The number of nitrogens with zero attached hydrogens (tertiary/aromatic N) is 9. The van der Waals surface area contributed by atoms with E-state index in [1.165, 1.54) is 87.6 Å². The van der Waals surface area contributed by atoms with E-state index in [0.29, 0.717) is 57.2 Å². The van der Waals surface area contributed by atoms with Crippen LogP contribution in [0.1, 0.15) is 194 Å². The first kappa shape index (κ1) is 82.9. The number of likely N-dealkylation sites (tertiary alicyclic amines) is 1. The Morgan fingerprint density at radius 3 is 1.84 bits per heavy atom. The van der Waals surface area contributed by atoms with Gasteiger partial charge in [0.05, 0.1) is 23.6 Å². The summed E-state index contributed by atoms with van der Waals surface area (Å²) in [6.07, 6.45) is 4.13. The number of aryl methyl sites for hydroxylation is 1. The molecule has 4 saturated heterocycles. The van der Waals surface area contributed by atoms with Crippen molar-refractivity contribution in [2.75, 3.05) is 81.6 Å². The van der Waals surface area contributed by atoms with Crippen molar-refractivity contribution >= 4 is 82.5 Å². The Morgan fingerprint density at radius 2 is 1.25 bits per heavy atom.